The van der Waals surface area contributed by atoms with E-state index in [-0.39, 0.29) is 11.3 Å². The molecule has 0 saturated heterocycles. The third kappa shape index (κ3) is 1.61. The van der Waals surface area contributed by atoms with Crippen LogP contribution in [-0.4, -0.2) is 22.3 Å². The van der Waals surface area contributed by atoms with E-state index in [0.717, 1.165) is 0 Å². The molecule has 2 rings (SSSR count). The van der Waals surface area contributed by atoms with Crippen LogP contribution < -0.4 is 0 Å². The van der Waals surface area contributed by atoms with Crippen molar-refractivity contribution < 1.29 is 14.7 Å². The van der Waals surface area contributed by atoms with E-state index < -0.39 is 5.97 Å². The lowest BCUT2D eigenvalue weighted by Gasteiger charge is -2.01. The van der Waals surface area contributed by atoms with E-state index in [2.05, 4.69) is 4.98 Å². The van der Waals surface area contributed by atoms with Gasteiger partial charge in [-0.05, 0) is 5.56 Å². The van der Waals surface area contributed by atoms with E-state index in [1.807, 2.05) is 6.07 Å². The van der Waals surface area contributed by atoms with Crippen LogP contribution in [0.5, 0.6) is 0 Å². The summed E-state index contributed by atoms with van der Waals surface area (Å²) < 4.78 is 0. The maximum absolute atomic E-state index is 11.0. The summed E-state index contributed by atoms with van der Waals surface area (Å²) in [6, 6.07) is 8.95. The molecule has 1 aromatic carbocycles. The van der Waals surface area contributed by atoms with Crippen LogP contribution in [0.25, 0.3) is 11.1 Å². The lowest BCUT2D eigenvalue weighted by atomic mass is 10.0. The van der Waals surface area contributed by atoms with E-state index in [9.17, 15) is 9.59 Å². The van der Waals surface area contributed by atoms with Crippen LogP contribution in [0.4, 0.5) is 0 Å². The molecule has 0 spiro atoms. The van der Waals surface area contributed by atoms with Crippen LogP contribution in [0, 0.1) is 0 Å². The zero-order chi connectivity index (χ0) is 11.5. The van der Waals surface area contributed by atoms with Gasteiger partial charge in [0.25, 0.3) is 0 Å². The Morgan fingerprint density at radius 1 is 1.25 bits per heavy atom. The van der Waals surface area contributed by atoms with Crippen molar-refractivity contribution in [2.24, 2.45) is 0 Å². The molecule has 0 bridgehead atoms. The third-order valence-corrected chi connectivity index (χ3v) is 2.32. The van der Waals surface area contributed by atoms with Crippen LogP contribution in [-0.2, 0) is 0 Å². The number of nitrogens with one attached hydrogen (secondary N) is 1. The van der Waals surface area contributed by atoms with Gasteiger partial charge in [0.2, 0.25) is 0 Å². The van der Waals surface area contributed by atoms with E-state index in [0.29, 0.717) is 17.4 Å². The first-order valence-corrected chi connectivity index (χ1v) is 4.69. The Morgan fingerprint density at radius 3 is 2.50 bits per heavy atom. The van der Waals surface area contributed by atoms with Gasteiger partial charge in [-0.25, -0.2) is 4.79 Å². The standard InChI is InChI=1S/C12H9NO3/c14-7-10-11(8-4-2-1-3-5-8)9(6-13-10)12(15)16/h1-7,13H,(H,15,16). The highest BCUT2D eigenvalue weighted by atomic mass is 16.4. The van der Waals surface area contributed by atoms with Crippen molar-refractivity contribution in [1.82, 2.24) is 4.98 Å². The van der Waals surface area contributed by atoms with Crippen molar-refractivity contribution in [1.29, 1.82) is 0 Å². The maximum Gasteiger partial charge on any atom is 0.337 e. The first kappa shape index (κ1) is 10.2. The third-order valence-electron chi connectivity index (χ3n) is 2.32. The van der Waals surface area contributed by atoms with Crippen molar-refractivity contribution in [2.75, 3.05) is 0 Å². The molecule has 0 fully saturated rings. The second-order valence-electron chi connectivity index (χ2n) is 3.28. The molecule has 16 heavy (non-hydrogen) atoms. The summed E-state index contributed by atoms with van der Waals surface area (Å²) in [4.78, 5) is 24.5. The molecule has 4 nitrogen and oxygen atoms in total. The molecule has 0 atom stereocenters. The Morgan fingerprint density at radius 2 is 1.94 bits per heavy atom. The summed E-state index contributed by atoms with van der Waals surface area (Å²) in [5.74, 6) is -1.05. The molecule has 80 valence electrons. The number of hydrogen-bond donors (Lipinski definition) is 2. The molecular formula is C12H9NO3. The van der Waals surface area contributed by atoms with E-state index in [4.69, 9.17) is 5.11 Å². The van der Waals surface area contributed by atoms with Crippen LogP contribution >= 0.6 is 0 Å². The van der Waals surface area contributed by atoms with Gasteiger partial charge in [0.05, 0.1) is 11.3 Å². The summed E-state index contributed by atoms with van der Waals surface area (Å²) in [7, 11) is 0. The number of aromatic amines is 1. The Kier molecular flexibility index (Phi) is 2.55. The number of carboxylic acids is 1. The quantitative estimate of drug-likeness (QED) is 0.771. The number of aromatic carboxylic acids is 1. The minimum absolute atomic E-state index is 0.105. The number of benzene rings is 1. The van der Waals surface area contributed by atoms with Gasteiger partial charge < -0.3 is 10.1 Å². The lowest BCUT2D eigenvalue weighted by Crippen LogP contribution is -1.97. The lowest BCUT2D eigenvalue weighted by molar-refractivity contribution is 0.0698. The first-order valence-electron chi connectivity index (χ1n) is 4.69. The van der Waals surface area contributed by atoms with Gasteiger partial charge in [0.15, 0.2) is 6.29 Å². The van der Waals surface area contributed by atoms with Crippen molar-refractivity contribution in [3.63, 3.8) is 0 Å². The second-order valence-corrected chi connectivity index (χ2v) is 3.28. The molecule has 0 aliphatic carbocycles. The molecule has 4 heteroatoms. The SMILES string of the molecule is O=Cc1[nH]cc(C(=O)O)c1-c1ccccc1. The van der Waals surface area contributed by atoms with E-state index in [1.165, 1.54) is 6.20 Å². The predicted octanol–water partition coefficient (Wildman–Crippen LogP) is 2.19. The van der Waals surface area contributed by atoms with E-state index in [1.54, 1.807) is 24.3 Å². The highest BCUT2D eigenvalue weighted by Crippen LogP contribution is 2.26. The Labute approximate surface area is 91.5 Å². The number of H-pyrrole nitrogens is 1. The van der Waals surface area contributed by atoms with Gasteiger partial charge in [-0.1, -0.05) is 30.3 Å². The van der Waals surface area contributed by atoms with Crippen molar-refractivity contribution in [3.05, 3.63) is 47.8 Å². The number of carbonyl (C=O) groups is 2. The fourth-order valence-corrected chi connectivity index (χ4v) is 1.62. The molecule has 0 radical (unpaired) electrons. The average Bonchev–Trinajstić information content (AvgIpc) is 2.73. The fraction of sp³-hybridized carbons (Fsp3) is 0. The summed E-state index contributed by atoms with van der Waals surface area (Å²) in [6.07, 6.45) is 1.95. The van der Waals surface area contributed by atoms with Crippen LogP contribution in [0.3, 0.4) is 0 Å². The van der Waals surface area contributed by atoms with Gasteiger partial charge >= 0.3 is 5.97 Å². The van der Waals surface area contributed by atoms with Crippen molar-refractivity contribution in [2.45, 2.75) is 0 Å². The fourth-order valence-electron chi connectivity index (χ4n) is 1.62. The van der Waals surface area contributed by atoms with Crippen molar-refractivity contribution in [3.8, 4) is 11.1 Å². The Hall–Kier alpha value is -2.36. The first-order chi connectivity index (χ1) is 7.74. The molecule has 0 saturated carbocycles. The molecule has 2 aromatic rings. The summed E-state index contributed by atoms with van der Waals surface area (Å²) >= 11 is 0. The minimum atomic E-state index is -1.05. The monoisotopic (exact) mass is 215 g/mol. The normalized spacial score (nSPS) is 10.0. The van der Waals surface area contributed by atoms with Crippen LogP contribution in [0.1, 0.15) is 20.8 Å². The molecular weight excluding hydrogens is 206 g/mol. The molecule has 1 heterocycles. The minimum Gasteiger partial charge on any atom is -0.478 e. The molecule has 1 aromatic heterocycles. The highest BCUT2D eigenvalue weighted by molar-refractivity contribution is 6.01. The van der Waals surface area contributed by atoms with Crippen LogP contribution in [0.2, 0.25) is 0 Å². The van der Waals surface area contributed by atoms with E-state index >= 15 is 0 Å². The summed E-state index contributed by atoms with van der Waals surface area (Å²) in [5, 5.41) is 9.00. The molecule has 0 aliphatic heterocycles. The number of carbonyl (C=O) groups excluding carboxylic acids is 1. The molecule has 0 amide bonds. The number of aromatic nitrogens is 1. The van der Waals surface area contributed by atoms with Gasteiger partial charge in [-0.15, -0.1) is 0 Å². The smallest absolute Gasteiger partial charge is 0.337 e. The maximum atomic E-state index is 11.0. The van der Waals surface area contributed by atoms with Gasteiger partial charge in [0.1, 0.15) is 0 Å². The van der Waals surface area contributed by atoms with Gasteiger partial charge in [-0.2, -0.15) is 0 Å². The zero-order valence-corrected chi connectivity index (χ0v) is 8.31. The largest absolute Gasteiger partial charge is 0.478 e. The number of rotatable bonds is 3. The van der Waals surface area contributed by atoms with Gasteiger partial charge in [-0.3, -0.25) is 4.79 Å². The zero-order valence-electron chi connectivity index (χ0n) is 8.31. The highest BCUT2D eigenvalue weighted by Gasteiger charge is 2.17. The number of aldehydes is 1. The van der Waals surface area contributed by atoms with Crippen LogP contribution in [0.15, 0.2) is 36.5 Å². The van der Waals surface area contributed by atoms with Crippen molar-refractivity contribution >= 4 is 12.3 Å². The molecule has 0 unspecified atom stereocenters. The number of carboxylic acid groups (broad SMARTS) is 1. The average molecular weight is 215 g/mol. The topological polar surface area (TPSA) is 70.2 Å². The molecule has 2 N–H and O–H groups in total. The Bertz CT molecular complexity index is 528. The second kappa shape index (κ2) is 4.02. The molecule has 0 aliphatic rings. The summed E-state index contributed by atoms with van der Waals surface area (Å²) in [5.41, 5.74) is 1.53. The predicted molar refractivity (Wildman–Crippen MR) is 58.6 cm³/mol. The van der Waals surface area contributed by atoms with Gasteiger partial charge in [0, 0.05) is 11.8 Å². The number of hydrogen-bond acceptors (Lipinski definition) is 2. The summed E-state index contributed by atoms with van der Waals surface area (Å²) in [6.45, 7) is 0. The Balaban J connectivity index is 2.66.